The first-order valence-corrected chi connectivity index (χ1v) is 16.5. The predicted molar refractivity (Wildman–Crippen MR) is 192 cm³/mol. The molecule has 0 radical (unpaired) electrons. The van der Waals surface area contributed by atoms with E-state index in [1.807, 2.05) is 0 Å². The Balaban J connectivity index is 1.21. The Hall–Kier alpha value is -4.12. The third kappa shape index (κ3) is 4.13. The molecule has 2 aliphatic heterocycles. The highest BCUT2D eigenvalue weighted by Gasteiger charge is 2.51. The summed E-state index contributed by atoms with van der Waals surface area (Å²) in [5, 5.41) is 0. The van der Waals surface area contributed by atoms with Crippen LogP contribution >= 0.6 is 0 Å². The maximum atomic E-state index is 6.31. The molecule has 46 heavy (non-hydrogen) atoms. The van der Waals surface area contributed by atoms with Gasteiger partial charge in [-0.05, 0) is 114 Å². The summed E-state index contributed by atoms with van der Waals surface area (Å²) in [6.07, 6.45) is 0. The molecule has 0 aromatic heterocycles. The third-order valence-corrected chi connectivity index (χ3v) is 11.3. The summed E-state index contributed by atoms with van der Waals surface area (Å²) < 4.78 is 12.6. The molecule has 0 unspecified atom stereocenters. The Kier molecular flexibility index (Phi) is 6.18. The van der Waals surface area contributed by atoms with Crippen LogP contribution in [0.2, 0.25) is 0 Å². The van der Waals surface area contributed by atoms with Gasteiger partial charge in [-0.2, -0.15) is 0 Å². The van der Waals surface area contributed by atoms with Crippen LogP contribution in [-0.4, -0.2) is 18.3 Å². The van der Waals surface area contributed by atoms with Crippen molar-refractivity contribution in [3.05, 3.63) is 131 Å². The summed E-state index contributed by atoms with van der Waals surface area (Å²) in [5.74, 6) is 0. The summed E-state index contributed by atoms with van der Waals surface area (Å²) >= 11 is 0. The standard InChI is InChI=1S/C42H42BNO2/c1-39(2)33-16-12-13-17-37(33)44(30-14-10-9-11-15-30)38-26-35-32(25-36(38)39)31-23-20-28(24-34(31)40(35,3)4)27-18-21-29(22-19-27)43-45-41(5,6)42(7,8)46-43/h9-26H,1-8H3. The smallest absolute Gasteiger partial charge is 0.399 e. The molecular weight excluding hydrogens is 561 g/mol. The van der Waals surface area contributed by atoms with Gasteiger partial charge in [0.1, 0.15) is 0 Å². The lowest BCUT2D eigenvalue weighted by molar-refractivity contribution is 0.00578. The van der Waals surface area contributed by atoms with Crippen molar-refractivity contribution in [3.8, 4) is 22.3 Å². The predicted octanol–water partition coefficient (Wildman–Crippen LogP) is 10.1. The SMILES string of the molecule is CC1(C)c2cc(-c3ccc(B4OC(C)(C)C(C)(C)O4)cc3)ccc2-c2cc3c(cc21)N(c1ccccc1)c1ccccc1C3(C)C. The number of benzene rings is 5. The molecule has 1 saturated heterocycles. The molecule has 8 rings (SSSR count). The van der Waals surface area contributed by atoms with E-state index in [2.05, 4.69) is 169 Å². The van der Waals surface area contributed by atoms with Crippen molar-refractivity contribution in [2.24, 2.45) is 0 Å². The Labute approximate surface area is 274 Å². The second kappa shape index (κ2) is 9.70. The molecule has 0 bridgehead atoms. The molecule has 1 fully saturated rings. The summed E-state index contributed by atoms with van der Waals surface area (Å²) in [6.45, 7) is 17.9. The topological polar surface area (TPSA) is 21.7 Å². The molecule has 4 heteroatoms. The maximum absolute atomic E-state index is 6.31. The highest BCUT2D eigenvalue weighted by molar-refractivity contribution is 6.62. The Morgan fingerprint density at radius 2 is 1.07 bits per heavy atom. The number of rotatable bonds is 3. The Morgan fingerprint density at radius 3 is 1.76 bits per heavy atom. The van der Waals surface area contributed by atoms with Crippen molar-refractivity contribution in [3.63, 3.8) is 0 Å². The summed E-state index contributed by atoms with van der Waals surface area (Å²) in [7, 11) is -0.357. The fourth-order valence-corrected chi connectivity index (χ4v) is 7.77. The molecule has 3 nitrogen and oxygen atoms in total. The van der Waals surface area contributed by atoms with Gasteiger partial charge in [-0.1, -0.05) is 100 Å². The molecular formula is C42H42BNO2. The van der Waals surface area contributed by atoms with Crippen LogP contribution in [0, 0.1) is 0 Å². The first-order chi connectivity index (χ1) is 21.8. The first kappa shape index (κ1) is 29.3. The van der Waals surface area contributed by atoms with Gasteiger partial charge in [-0.3, -0.25) is 0 Å². The zero-order chi connectivity index (χ0) is 32.2. The molecule has 0 atom stereocenters. The van der Waals surface area contributed by atoms with E-state index in [1.54, 1.807) is 0 Å². The van der Waals surface area contributed by atoms with E-state index in [1.165, 1.54) is 61.6 Å². The lowest BCUT2D eigenvalue weighted by atomic mass is 9.72. The summed E-state index contributed by atoms with van der Waals surface area (Å²) in [6, 6.07) is 40.4. The molecule has 5 aromatic rings. The number of hydrogen-bond donors (Lipinski definition) is 0. The largest absolute Gasteiger partial charge is 0.494 e. The minimum atomic E-state index is -0.357. The van der Waals surface area contributed by atoms with E-state index in [9.17, 15) is 0 Å². The number of para-hydroxylation sites is 2. The van der Waals surface area contributed by atoms with Gasteiger partial charge in [-0.15, -0.1) is 0 Å². The molecule has 0 amide bonds. The van der Waals surface area contributed by atoms with E-state index in [-0.39, 0.29) is 29.2 Å². The highest BCUT2D eigenvalue weighted by Crippen LogP contribution is 2.57. The van der Waals surface area contributed by atoms with Gasteiger partial charge in [0.25, 0.3) is 0 Å². The minimum absolute atomic E-state index is 0.141. The van der Waals surface area contributed by atoms with E-state index >= 15 is 0 Å². The fourth-order valence-electron chi connectivity index (χ4n) is 7.77. The first-order valence-electron chi connectivity index (χ1n) is 16.5. The number of anilines is 3. The van der Waals surface area contributed by atoms with Crippen molar-refractivity contribution in [2.45, 2.75) is 77.4 Å². The molecule has 1 aliphatic carbocycles. The van der Waals surface area contributed by atoms with Gasteiger partial charge < -0.3 is 14.2 Å². The van der Waals surface area contributed by atoms with Crippen LogP contribution in [0.15, 0.2) is 109 Å². The Morgan fingerprint density at radius 1 is 0.478 bits per heavy atom. The molecule has 5 aromatic carbocycles. The van der Waals surface area contributed by atoms with Gasteiger partial charge in [0.2, 0.25) is 0 Å². The van der Waals surface area contributed by atoms with Crippen molar-refractivity contribution in [2.75, 3.05) is 4.90 Å². The normalized spacial score (nSPS) is 19.3. The molecule has 0 saturated carbocycles. The molecule has 0 N–H and O–H groups in total. The van der Waals surface area contributed by atoms with Crippen LogP contribution in [0.5, 0.6) is 0 Å². The van der Waals surface area contributed by atoms with E-state index in [4.69, 9.17) is 9.31 Å². The summed E-state index contributed by atoms with van der Waals surface area (Å²) in [5.41, 5.74) is 14.3. The molecule has 230 valence electrons. The maximum Gasteiger partial charge on any atom is 0.494 e. The highest BCUT2D eigenvalue weighted by atomic mass is 16.7. The van der Waals surface area contributed by atoms with Crippen LogP contribution in [0.1, 0.15) is 77.6 Å². The van der Waals surface area contributed by atoms with Crippen LogP contribution in [0.25, 0.3) is 22.3 Å². The van der Waals surface area contributed by atoms with E-state index < -0.39 is 0 Å². The summed E-state index contributed by atoms with van der Waals surface area (Å²) in [4.78, 5) is 2.46. The molecule has 0 spiro atoms. The van der Waals surface area contributed by atoms with Crippen molar-refractivity contribution in [1.29, 1.82) is 0 Å². The minimum Gasteiger partial charge on any atom is -0.399 e. The molecule has 3 aliphatic rings. The van der Waals surface area contributed by atoms with Crippen molar-refractivity contribution >= 4 is 29.6 Å². The number of fused-ring (bicyclic) bond motifs is 5. The van der Waals surface area contributed by atoms with E-state index in [0.29, 0.717) is 0 Å². The fraction of sp³-hybridized carbons (Fsp3) is 0.286. The van der Waals surface area contributed by atoms with Crippen LogP contribution in [-0.2, 0) is 20.1 Å². The number of nitrogens with zero attached hydrogens (tertiary/aromatic N) is 1. The second-order valence-electron chi connectivity index (χ2n) is 15.3. The van der Waals surface area contributed by atoms with Crippen LogP contribution in [0.3, 0.4) is 0 Å². The van der Waals surface area contributed by atoms with Gasteiger partial charge in [0.05, 0.1) is 22.6 Å². The molecule has 2 heterocycles. The van der Waals surface area contributed by atoms with Crippen molar-refractivity contribution < 1.29 is 9.31 Å². The van der Waals surface area contributed by atoms with Gasteiger partial charge >= 0.3 is 7.12 Å². The lowest BCUT2D eigenvalue weighted by Crippen LogP contribution is -2.41. The third-order valence-electron chi connectivity index (χ3n) is 11.3. The zero-order valence-corrected chi connectivity index (χ0v) is 28.2. The van der Waals surface area contributed by atoms with Crippen LogP contribution in [0.4, 0.5) is 17.1 Å². The zero-order valence-electron chi connectivity index (χ0n) is 28.2. The monoisotopic (exact) mass is 603 g/mol. The van der Waals surface area contributed by atoms with Gasteiger partial charge in [0, 0.05) is 16.5 Å². The average Bonchev–Trinajstić information content (AvgIpc) is 3.40. The Bertz CT molecular complexity index is 1990. The van der Waals surface area contributed by atoms with Gasteiger partial charge in [0.15, 0.2) is 0 Å². The second-order valence-corrected chi connectivity index (χ2v) is 15.3. The van der Waals surface area contributed by atoms with E-state index in [0.717, 1.165) is 5.46 Å². The van der Waals surface area contributed by atoms with Gasteiger partial charge in [-0.25, -0.2) is 0 Å². The number of hydrogen-bond acceptors (Lipinski definition) is 3. The average molecular weight is 604 g/mol. The lowest BCUT2D eigenvalue weighted by Gasteiger charge is -2.42. The quantitative estimate of drug-likeness (QED) is 0.192. The van der Waals surface area contributed by atoms with Crippen LogP contribution < -0.4 is 10.4 Å². The van der Waals surface area contributed by atoms with Crippen molar-refractivity contribution in [1.82, 2.24) is 0 Å².